The highest BCUT2D eigenvalue weighted by atomic mass is 35.5. The van der Waals surface area contributed by atoms with Gasteiger partial charge in [-0.15, -0.1) is 0 Å². The minimum atomic E-state index is -0.276. The van der Waals surface area contributed by atoms with E-state index < -0.39 is 0 Å². The van der Waals surface area contributed by atoms with E-state index >= 15 is 0 Å². The topological polar surface area (TPSA) is 55.9 Å². The molecule has 1 saturated carbocycles. The van der Waals surface area contributed by atoms with E-state index in [0.717, 1.165) is 50.4 Å². The molecule has 2 aliphatic heterocycles. The maximum atomic E-state index is 12.8. The molecule has 1 unspecified atom stereocenters. The van der Waals surface area contributed by atoms with Crippen molar-refractivity contribution in [1.82, 2.24) is 9.80 Å². The summed E-state index contributed by atoms with van der Waals surface area (Å²) in [4.78, 5) is 31.4. The summed E-state index contributed by atoms with van der Waals surface area (Å²) in [7, 11) is 2.12. The van der Waals surface area contributed by atoms with Gasteiger partial charge in [-0.3, -0.25) is 9.59 Å². The lowest BCUT2D eigenvalue weighted by Crippen LogP contribution is -2.44. The second-order valence-electron chi connectivity index (χ2n) is 7.62. The Morgan fingerprint density at radius 2 is 1.92 bits per heavy atom. The molecule has 1 aliphatic carbocycles. The summed E-state index contributed by atoms with van der Waals surface area (Å²) in [5.41, 5.74) is 1.74. The normalized spacial score (nSPS) is 24.2. The molecule has 26 heavy (non-hydrogen) atoms. The van der Waals surface area contributed by atoms with Gasteiger partial charge in [0.2, 0.25) is 11.8 Å². The lowest BCUT2D eigenvalue weighted by atomic mass is 10.1. The number of rotatable bonds is 4. The highest BCUT2D eigenvalue weighted by Crippen LogP contribution is 2.34. The number of hydrogen-bond donors (Lipinski definition) is 1. The van der Waals surface area contributed by atoms with Crippen molar-refractivity contribution in [1.29, 1.82) is 0 Å². The number of benzene rings is 1. The molecular weight excluding hydrogens is 352 g/mol. The Hall–Kier alpha value is -1.79. The first-order valence-corrected chi connectivity index (χ1v) is 9.72. The van der Waals surface area contributed by atoms with Crippen LogP contribution in [0.25, 0.3) is 0 Å². The van der Waals surface area contributed by atoms with E-state index in [1.54, 1.807) is 0 Å². The summed E-state index contributed by atoms with van der Waals surface area (Å²) >= 11 is 6.18. The fourth-order valence-electron chi connectivity index (χ4n) is 3.81. The van der Waals surface area contributed by atoms with Crippen LogP contribution in [-0.4, -0.2) is 67.4 Å². The van der Waals surface area contributed by atoms with Crippen LogP contribution in [0, 0.1) is 5.92 Å². The smallest absolute Gasteiger partial charge is 0.229 e. The second kappa shape index (κ2) is 7.08. The van der Waals surface area contributed by atoms with Gasteiger partial charge in [-0.25, -0.2) is 0 Å². The fraction of sp³-hybridized carbons (Fsp3) is 0.579. The summed E-state index contributed by atoms with van der Waals surface area (Å²) < 4.78 is 0. The maximum absolute atomic E-state index is 12.8. The van der Waals surface area contributed by atoms with Crippen LogP contribution in [0.15, 0.2) is 18.2 Å². The molecule has 4 rings (SSSR count). The minimum Gasteiger partial charge on any atom is -0.367 e. The van der Waals surface area contributed by atoms with Crippen LogP contribution in [0.3, 0.4) is 0 Å². The van der Waals surface area contributed by atoms with E-state index in [2.05, 4.69) is 22.2 Å². The number of carbonyl (C=O) groups is 2. The van der Waals surface area contributed by atoms with Crippen molar-refractivity contribution in [3.63, 3.8) is 0 Å². The summed E-state index contributed by atoms with van der Waals surface area (Å²) in [6.45, 7) is 4.35. The van der Waals surface area contributed by atoms with Crippen molar-refractivity contribution >= 4 is 34.8 Å². The third-order valence-corrected chi connectivity index (χ3v) is 5.81. The monoisotopic (exact) mass is 376 g/mol. The third-order valence-electron chi connectivity index (χ3n) is 5.58. The molecule has 2 saturated heterocycles. The van der Waals surface area contributed by atoms with Gasteiger partial charge in [-0.1, -0.05) is 11.6 Å². The predicted molar refractivity (Wildman–Crippen MR) is 103 cm³/mol. The van der Waals surface area contributed by atoms with Gasteiger partial charge in [0.05, 0.1) is 17.3 Å². The number of halogens is 1. The summed E-state index contributed by atoms with van der Waals surface area (Å²) in [6.07, 6.45) is 2.45. The number of carbonyl (C=O) groups excluding carboxylic acids is 2. The number of amides is 2. The van der Waals surface area contributed by atoms with Gasteiger partial charge < -0.3 is 20.0 Å². The van der Waals surface area contributed by atoms with Gasteiger partial charge in [0.25, 0.3) is 0 Å². The molecule has 0 aromatic heterocycles. The standard InChI is InChI=1S/C19H25ClN4O2/c1-22-6-8-23(9-7-22)17-5-2-14(20)11-16(17)21-19(26)13-10-18(25)24(12-13)15-3-4-15/h2,5,11,13,15H,3-4,6-10,12H2,1H3,(H,21,26). The second-order valence-corrected chi connectivity index (χ2v) is 8.06. The van der Waals surface area contributed by atoms with Gasteiger partial charge >= 0.3 is 0 Å². The molecule has 3 fully saturated rings. The Morgan fingerprint density at radius 3 is 2.62 bits per heavy atom. The van der Waals surface area contributed by atoms with Crippen LogP contribution in [-0.2, 0) is 9.59 Å². The molecule has 0 spiro atoms. The average molecular weight is 377 g/mol. The molecule has 3 aliphatic rings. The van der Waals surface area contributed by atoms with Crippen molar-refractivity contribution in [2.45, 2.75) is 25.3 Å². The zero-order valence-electron chi connectivity index (χ0n) is 15.1. The summed E-state index contributed by atoms with van der Waals surface area (Å²) in [5.74, 6) is -0.250. The molecule has 6 nitrogen and oxygen atoms in total. The van der Waals surface area contributed by atoms with E-state index in [1.165, 1.54) is 0 Å². The predicted octanol–water partition coefficient (Wildman–Crippen LogP) is 2.04. The number of likely N-dealkylation sites (tertiary alicyclic amines) is 1. The molecular formula is C19H25ClN4O2. The Kier molecular flexibility index (Phi) is 4.80. The van der Waals surface area contributed by atoms with Crippen molar-refractivity contribution in [2.24, 2.45) is 5.92 Å². The first-order valence-electron chi connectivity index (χ1n) is 9.34. The van der Waals surface area contributed by atoms with Crippen LogP contribution < -0.4 is 10.2 Å². The first-order chi connectivity index (χ1) is 12.5. The average Bonchev–Trinajstić information content (AvgIpc) is 3.38. The highest BCUT2D eigenvalue weighted by Gasteiger charge is 2.41. The van der Waals surface area contributed by atoms with Crippen molar-refractivity contribution in [3.05, 3.63) is 23.2 Å². The first kappa shape index (κ1) is 17.6. The number of anilines is 2. The van der Waals surface area contributed by atoms with E-state index in [4.69, 9.17) is 11.6 Å². The molecule has 7 heteroatoms. The van der Waals surface area contributed by atoms with Crippen LogP contribution in [0.5, 0.6) is 0 Å². The molecule has 1 N–H and O–H groups in total. The fourth-order valence-corrected chi connectivity index (χ4v) is 3.98. The summed E-state index contributed by atoms with van der Waals surface area (Å²) in [6, 6.07) is 6.01. The Labute approximate surface area is 159 Å². The lowest BCUT2D eigenvalue weighted by Gasteiger charge is -2.35. The van der Waals surface area contributed by atoms with E-state index in [0.29, 0.717) is 24.0 Å². The van der Waals surface area contributed by atoms with E-state index in [-0.39, 0.29) is 17.7 Å². The van der Waals surface area contributed by atoms with Gasteiger partial charge in [-0.2, -0.15) is 0 Å². The van der Waals surface area contributed by atoms with Gasteiger partial charge in [0.1, 0.15) is 0 Å². The van der Waals surface area contributed by atoms with Crippen molar-refractivity contribution in [3.8, 4) is 0 Å². The minimum absolute atomic E-state index is 0.0841. The van der Waals surface area contributed by atoms with Gasteiger partial charge in [0, 0.05) is 50.2 Å². The Morgan fingerprint density at radius 1 is 1.19 bits per heavy atom. The number of piperazine rings is 1. The van der Waals surface area contributed by atoms with E-state index in [1.807, 2.05) is 23.1 Å². The summed E-state index contributed by atoms with van der Waals surface area (Å²) in [5, 5.41) is 3.64. The highest BCUT2D eigenvalue weighted by molar-refractivity contribution is 6.31. The molecule has 1 aromatic carbocycles. The van der Waals surface area contributed by atoms with Crippen LogP contribution in [0.4, 0.5) is 11.4 Å². The molecule has 0 bridgehead atoms. The Balaban J connectivity index is 1.47. The van der Waals surface area contributed by atoms with Gasteiger partial charge in [-0.05, 0) is 38.1 Å². The number of hydrogen-bond acceptors (Lipinski definition) is 4. The lowest BCUT2D eigenvalue weighted by molar-refractivity contribution is -0.128. The number of nitrogens with zero attached hydrogens (tertiary/aromatic N) is 3. The number of likely N-dealkylation sites (N-methyl/N-ethyl adjacent to an activating group) is 1. The van der Waals surface area contributed by atoms with Crippen molar-refractivity contribution < 1.29 is 9.59 Å². The molecule has 1 atom stereocenters. The third kappa shape index (κ3) is 3.67. The molecule has 0 radical (unpaired) electrons. The molecule has 2 amide bonds. The van der Waals surface area contributed by atoms with Crippen LogP contribution >= 0.6 is 11.6 Å². The van der Waals surface area contributed by atoms with Gasteiger partial charge in [0.15, 0.2) is 0 Å². The largest absolute Gasteiger partial charge is 0.367 e. The maximum Gasteiger partial charge on any atom is 0.229 e. The molecule has 140 valence electrons. The Bertz CT molecular complexity index is 713. The van der Waals surface area contributed by atoms with Crippen LogP contribution in [0.2, 0.25) is 5.02 Å². The zero-order valence-corrected chi connectivity index (χ0v) is 15.8. The quantitative estimate of drug-likeness (QED) is 0.873. The zero-order chi connectivity index (χ0) is 18.3. The number of nitrogens with one attached hydrogen (secondary N) is 1. The van der Waals surface area contributed by atoms with Crippen LogP contribution in [0.1, 0.15) is 19.3 Å². The van der Waals surface area contributed by atoms with Crippen molar-refractivity contribution in [2.75, 3.05) is 50.0 Å². The van der Waals surface area contributed by atoms with E-state index in [9.17, 15) is 9.59 Å². The SMILES string of the molecule is CN1CCN(c2ccc(Cl)cc2NC(=O)C2CC(=O)N(C3CC3)C2)CC1. The molecule has 2 heterocycles. The molecule has 1 aromatic rings.